The molecule has 1 saturated carbocycles. The van der Waals surface area contributed by atoms with E-state index in [4.69, 9.17) is 4.74 Å². The largest absolute Gasteiger partial charge is 0.427 e. The zero-order valence-corrected chi connectivity index (χ0v) is 28.7. The summed E-state index contributed by atoms with van der Waals surface area (Å²) >= 11 is 0. The van der Waals surface area contributed by atoms with E-state index in [1.54, 1.807) is 17.0 Å². The van der Waals surface area contributed by atoms with Crippen LogP contribution in [0.1, 0.15) is 81.3 Å². The normalized spacial score (nSPS) is 15.8. The van der Waals surface area contributed by atoms with E-state index in [9.17, 15) is 19.2 Å². The quantitative estimate of drug-likeness (QED) is 0.0823. The molecule has 0 unspecified atom stereocenters. The van der Waals surface area contributed by atoms with Gasteiger partial charge in [-0.2, -0.15) is 0 Å². The highest BCUT2D eigenvalue weighted by atomic mass is 16.5. The van der Waals surface area contributed by atoms with Crippen LogP contribution in [0.25, 0.3) is 10.9 Å². The Balaban J connectivity index is 1.08. The minimum atomic E-state index is -0.245. The van der Waals surface area contributed by atoms with E-state index < -0.39 is 0 Å². The molecule has 1 aromatic heterocycles. The third kappa shape index (κ3) is 9.59. The number of carbonyl (C=O) groups excluding carboxylic acids is 4. The van der Waals surface area contributed by atoms with Crippen molar-refractivity contribution in [2.75, 3.05) is 18.0 Å². The molecule has 49 heavy (non-hydrogen) atoms. The fraction of sp³-hybridized carbons (Fsp3) is 0.400. The average Bonchev–Trinajstić information content (AvgIpc) is 3.49. The predicted molar refractivity (Wildman–Crippen MR) is 193 cm³/mol. The Kier molecular flexibility index (Phi) is 12.6. The second kappa shape index (κ2) is 17.5. The molecule has 0 saturated heterocycles. The van der Waals surface area contributed by atoms with Crippen molar-refractivity contribution >= 4 is 40.3 Å². The standard InChI is InChI=1S/C40H48N4O5/c1-3-29-14-13-16-33(26-29)43(4-2)37(45)28-44-35-19-11-10-15-31(35)27-36(44)40(48)42-32-23-21-30(22-24-32)39(47)41-25-12-6-9-20-38(46)49-34-17-7-5-8-18-34/h5,7-8,10-11,13-19,26-27,30,32H,3-4,6,9,12,20-25,28H2,1-2H3,(H,41,47)(H,42,48)/t30-,32-. The summed E-state index contributed by atoms with van der Waals surface area (Å²) in [5, 5.41) is 7.15. The Bertz CT molecular complexity index is 1730. The van der Waals surface area contributed by atoms with Gasteiger partial charge in [0.2, 0.25) is 11.8 Å². The summed E-state index contributed by atoms with van der Waals surface area (Å²) in [4.78, 5) is 54.0. The molecular formula is C40H48N4O5. The fourth-order valence-corrected chi connectivity index (χ4v) is 6.59. The molecule has 0 atom stereocenters. The molecule has 9 heteroatoms. The van der Waals surface area contributed by atoms with Gasteiger partial charge in [0, 0.05) is 48.1 Å². The van der Waals surface area contributed by atoms with Crippen LogP contribution in [-0.2, 0) is 27.3 Å². The molecule has 1 aliphatic carbocycles. The molecule has 0 radical (unpaired) electrons. The van der Waals surface area contributed by atoms with Crippen molar-refractivity contribution in [2.24, 2.45) is 5.92 Å². The number of para-hydroxylation sites is 2. The van der Waals surface area contributed by atoms with Crippen molar-refractivity contribution in [3.05, 3.63) is 96.2 Å². The number of ether oxygens (including phenoxy) is 1. The van der Waals surface area contributed by atoms with Gasteiger partial charge in [0.15, 0.2) is 0 Å². The molecule has 9 nitrogen and oxygen atoms in total. The Morgan fingerprint density at radius 2 is 1.59 bits per heavy atom. The van der Waals surface area contributed by atoms with Gasteiger partial charge in [0.25, 0.3) is 5.91 Å². The van der Waals surface area contributed by atoms with Crippen molar-refractivity contribution < 1.29 is 23.9 Å². The van der Waals surface area contributed by atoms with Crippen LogP contribution in [0.2, 0.25) is 0 Å². The topological polar surface area (TPSA) is 110 Å². The van der Waals surface area contributed by atoms with Crippen molar-refractivity contribution in [2.45, 2.75) is 84.2 Å². The van der Waals surface area contributed by atoms with Crippen molar-refractivity contribution in [1.82, 2.24) is 15.2 Å². The molecule has 258 valence electrons. The summed E-state index contributed by atoms with van der Waals surface area (Å²) in [5.41, 5.74) is 3.32. The maximum atomic E-state index is 13.7. The first-order valence-electron chi connectivity index (χ1n) is 17.7. The third-order valence-electron chi connectivity index (χ3n) is 9.35. The summed E-state index contributed by atoms with van der Waals surface area (Å²) in [6.45, 7) is 5.20. The van der Waals surface area contributed by atoms with E-state index in [0.29, 0.717) is 63.1 Å². The Hall–Kier alpha value is -4.92. The predicted octanol–water partition coefficient (Wildman–Crippen LogP) is 6.83. The molecule has 0 bridgehead atoms. The first kappa shape index (κ1) is 35.4. The number of esters is 1. The third-order valence-corrected chi connectivity index (χ3v) is 9.35. The van der Waals surface area contributed by atoms with Crippen LogP contribution >= 0.6 is 0 Å². The first-order chi connectivity index (χ1) is 23.9. The number of carbonyl (C=O) groups is 4. The maximum Gasteiger partial charge on any atom is 0.311 e. The zero-order valence-electron chi connectivity index (χ0n) is 28.7. The van der Waals surface area contributed by atoms with Crippen LogP contribution in [0.4, 0.5) is 5.69 Å². The van der Waals surface area contributed by atoms with E-state index in [2.05, 4.69) is 23.6 Å². The van der Waals surface area contributed by atoms with Gasteiger partial charge in [-0.3, -0.25) is 19.2 Å². The molecule has 1 aliphatic rings. The van der Waals surface area contributed by atoms with Crippen LogP contribution in [0.15, 0.2) is 84.9 Å². The number of hydrogen-bond acceptors (Lipinski definition) is 5. The maximum absolute atomic E-state index is 13.7. The van der Waals surface area contributed by atoms with Gasteiger partial charge < -0.3 is 24.8 Å². The lowest BCUT2D eigenvalue weighted by Crippen LogP contribution is -2.42. The molecule has 4 aromatic rings. The Morgan fingerprint density at radius 3 is 2.35 bits per heavy atom. The molecule has 3 aromatic carbocycles. The minimum Gasteiger partial charge on any atom is -0.427 e. The van der Waals surface area contributed by atoms with Crippen LogP contribution in [-0.4, -0.2) is 47.4 Å². The molecule has 1 heterocycles. The molecule has 1 fully saturated rings. The number of hydrogen-bond donors (Lipinski definition) is 2. The van der Waals surface area contributed by atoms with E-state index in [0.717, 1.165) is 41.4 Å². The molecule has 5 rings (SSSR count). The minimum absolute atomic E-state index is 0.0433. The second-order valence-corrected chi connectivity index (χ2v) is 12.7. The van der Waals surface area contributed by atoms with Gasteiger partial charge in [-0.15, -0.1) is 0 Å². The van der Waals surface area contributed by atoms with Gasteiger partial charge >= 0.3 is 5.97 Å². The Morgan fingerprint density at radius 1 is 0.837 bits per heavy atom. The molecule has 0 aliphatic heterocycles. The van der Waals surface area contributed by atoms with E-state index >= 15 is 0 Å². The van der Waals surface area contributed by atoms with Gasteiger partial charge in [-0.05, 0) is 93.8 Å². The molecule has 2 N–H and O–H groups in total. The highest BCUT2D eigenvalue weighted by molar-refractivity contribution is 6.01. The first-order valence-corrected chi connectivity index (χ1v) is 17.7. The van der Waals surface area contributed by atoms with Crippen molar-refractivity contribution in [3.63, 3.8) is 0 Å². The van der Waals surface area contributed by atoms with Crippen LogP contribution < -0.4 is 20.3 Å². The van der Waals surface area contributed by atoms with Crippen LogP contribution in [0, 0.1) is 5.92 Å². The fourth-order valence-electron chi connectivity index (χ4n) is 6.59. The number of unbranched alkanes of at least 4 members (excludes halogenated alkanes) is 2. The number of amides is 3. The second-order valence-electron chi connectivity index (χ2n) is 12.7. The summed E-state index contributed by atoms with van der Waals surface area (Å²) < 4.78 is 7.14. The van der Waals surface area contributed by atoms with E-state index in [1.807, 2.05) is 78.2 Å². The van der Waals surface area contributed by atoms with E-state index in [1.165, 1.54) is 0 Å². The summed E-state index contributed by atoms with van der Waals surface area (Å²) in [6, 6.07) is 26.6. The van der Waals surface area contributed by atoms with Crippen LogP contribution in [0.5, 0.6) is 5.75 Å². The van der Waals surface area contributed by atoms with Gasteiger partial charge in [-0.1, -0.05) is 61.9 Å². The number of anilines is 1. The van der Waals surface area contributed by atoms with Gasteiger partial charge in [-0.25, -0.2) is 0 Å². The highest BCUT2D eigenvalue weighted by Crippen LogP contribution is 2.26. The van der Waals surface area contributed by atoms with Gasteiger partial charge in [0.1, 0.15) is 18.0 Å². The Labute approximate surface area is 289 Å². The van der Waals surface area contributed by atoms with Crippen molar-refractivity contribution in [3.8, 4) is 5.75 Å². The monoisotopic (exact) mass is 664 g/mol. The number of likely N-dealkylation sites (N-methyl/N-ethyl adjacent to an activating group) is 1. The summed E-state index contributed by atoms with van der Waals surface area (Å²) in [7, 11) is 0. The number of fused-ring (bicyclic) bond motifs is 1. The number of aryl methyl sites for hydroxylation is 1. The number of nitrogens with one attached hydrogen (secondary N) is 2. The molecule has 0 spiro atoms. The SMILES string of the molecule is CCc1cccc(N(CC)C(=O)Cn2c(C(=O)N[C@H]3CC[C@H](C(=O)NCCCCCC(=O)Oc4ccccc4)CC3)cc3ccccc32)c1. The number of benzene rings is 3. The number of aromatic nitrogens is 1. The highest BCUT2D eigenvalue weighted by Gasteiger charge is 2.28. The lowest BCUT2D eigenvalue weighted by molar-refractivity contribution is -0.134. The molecular weight excluding hydrogens is 616 g/mol. The number of rotatable bonds is 15. The average molecular weight is 665 g/mol. The molecule has 3 amide bonds. The lowest BCUT2D eigenvalue weighted by atomic mass is 9.85. The summed E-state index contributed by atoms with van der Waals surface area (Å²) in [6.07, 6.45) is 6.39. The zero-order chi connectivity index (χ0) is 34.6. The van der Waals surface area contributed by atoms with Gasteiger partial charge in [0.05, 0.1) is 0 Å². The lowest BCUT2D eigenvalue weighted by Gasteiger charge is -2.28. The smallest absolute Gasteiger partial charge is 0.311 e. The van der Waals surface area contributed by atoms with E-state index in [-0.39, 0.29) is 42.2 Å². The summed E-state index contributed by atoms with van der Waals surface area (Å²) in [5.74, 6) is -0.00670. The number of nitrogens with zero attached hydrogens (tertiary/aromatic N) is 2. The van der Waals surface area contributed by atoms with Crippen molar-refractivity contribution in [1.29, 1.82) is 0 Å². The van der Waals surface area contributed by atoms with Crippen LogP contribution in [0.3, 0.4) is 0 Å².